The molecule has 0 unspecified atom stereocenters. The van der Waals surface area contributed by atoms with Crippen LogP contribution in [-0.2, 0) is 0 Å². The molecule has 0 radical (unpaired) electrons. The van der Waals surface area contributed by atoms with Gasteiger partial charge in [0.1, 0.15) is 17.3 Å². The predicted molar refractivity (Wildman–Crippen MR) is 121 cm³/mol. The number of aromatic nitrogens is 2. The molecule has 0 spiro atoms. The number of anilines is 3. The molecule has 1 aliphatic carbocycles. The standard InChI is InChI=1S/C24H25F3N4O2/c1-2-32-19-12-10-18(11-13-19)28-22-15-21(30-23(31-22)29-17-7-3-4-8-17)16-6-5-9-20(14-16)33-24(25,26)27/h5-6,9-15,17H,2-4,7-8H2,1H3,(H2,28,29,30,31). The maximum absolute atomic E-state index is 12.7. The number of nitrogens with zero attached hydrogens (tertiary/aromatic N) is 2. The topological polar surface area (TPSA) is 68.3 Å². The van der Waals surface area contributed by atoms with E-state index in [-0.39, 0.29) is 11.8 Å². The summed E-state index contributed by atoms with van der Waals surface area (Å²) in [6.45, 7) is 2.50. The van der Waals surface area contributed by atoms with E-state index in [1.165, 1.54) is 18.2 Å². The highest BCUT2D eigenvalue weighted by Crippen LogP contribution is 2.30. The molecule has 174 valence electrons. The van der Waals surface area contributed by atoms with Gasteiger partial charge in [0.25, 0.3) is 0 Å². The van der Waals surface area contributed by atoms with E-state index in [1.807, 2.05) is 31.2 Å². The Morgan fingerprint density at radius 2 is 1.73 bits per heavy atom. The number of alkyl halides is 3. The molecule has 2 N–H and O–H groups in total. The number of halogens is 3. The van der Waals surface area contributed by atoms with Crippen LogP contribution in [0, 0.1) is 0 Å². The molecule has 9 heteroatoms. The largest absolute Gasteiger partial charge is 0.573 e. The number of hydrogen-bond donors (Lipinski definition) is 2. The summed E-state index contributed by atoms with van der Waals surface area (Å²) in [5, 5.41) is 6.61. The van der Waals surface area contributed by atoms with Gasteiger partial charge in [0.15, 0.2) is 0 Å². The summed E-state index contributed by atoms with van der Waals surface area (Å²) < 4.78 is 47.6. The second-order valence-electron chi connectivity index (χ2n) is 7.75. The third-order valence-electron chi connectivity index (χ3n) is 5.22. The van der Waals surface area contributed by atoms with Crippen LogP contribution in [-0.4, -0.2) is 29.0 Å². The van der Waals surface area contributed by atoms with Gasteiger partial charge < -0.3 is 20.1 Å². The van der Waals surface area contributed by atoms with Gasteiger partial charge in [-0.3, -0.25) is 0 Å². The van der Waals surface area contributed by atoms with Crippen LogP contribution >= 0.6 is 0 Å². The van der Waals surface area contributed by atoms with E-state index in [0.717, 1.165) is 37.1 Å². The molecule has 33 heavy (non-hydrogen) atoms. The maximum atomic E-state index is 12.7. The fraction of sp³-hybridized carbons (Fsp3) is 0.333. The molecule has 1 aromatic heterocycles. The third-order valence-corrected chi connectivity index (χ3v) is 5.22. The van der Waals surface area contributed by atoms with E-state index in [4.69, 9.17) is 4.74 Å². The van der Waals surface area contributed by atoms with Gasteiger partial charge in [0.05, 0.1) is 12.3 Å². The molecule has 0 amide bonds. The second-order valence-corrected chi connectivity index (χ2v) is 7.75. The van der Waals surface area contributed by atoms with Gasteiger partial charge in [-0.1, -0.05) is 25.0 Å². The normalized spacial score (nSPS) is 14.2. The highest BCUT2D eigenvalue weighted by atomic mass is 19.4. The van der Waals surface area contributed by atoms with E-state index in [1.54, 1.807) is 12.1 Å². The molecule has 1 heterocycles. The summed E-state index contributed by atoms with van der Waals surface area (Å²) >= 11 is 0. The fourth-order valence-electron chi connectivity index (χ4n) is 3.78. The number of nitrogens with one attached hydrogen (secondary N) is 2. The molecule has 1 saturated carbocycles. The van der Waals surface area contributed by atoms with E-state index in [2.05, 4.69) is 25.3 Å². The predicted octanol–water partition coefficient (Wildman–Crippen LogP) is 6.54. The minimum absolute atomic E-state index is 0.276. The lowest BCUT2D eigenvalue weighted by Gasteiger charge is -2.15. The average molecular weight is 458 g/mol. The van der Waals surface area contributed by atoms with Crippen LogP contribution in [0.3, 0.4) is 0 Å². The molecule has 1 aliphatic rings. The Hall–Kier alpha value is -3.49. The lowest BCUT2D eigenvalue weighted by Crippen LogP contribution is -2.17. The van der Waals surface area contributed by atoms with Crippen LogP contribution in [0.2, 0.25) is 0 Å². The molecule has 4 rings (SSSR count). The van der Waals surface area contributed by atoms with Crippen LogP contribution < -0.4 is 20.1 Å². The minimum atomic E-state index is -4.76. The molecule has 0 aliphatic heterocycles. The number of benzene rings is 2. The van der Waals surface area contributed by atoms with Crippen LogP contribution in [0.1, 0.15) is 32.6 Å². The van der Waals surface area contributed by atoms with E-state index >= 15 is 0 Å². The molecular formula is C24H25F3N4O2. The van der Waals surface area contributed by atoms with Crippen molar-refractivity contribution < 1.29 is 22.6 Å². The molecule has 0 saturated heterocycles. The lowest BCUT2D eigenvalue weighted by atomic mass is 10.1. The lowest BCUT2D eigenvalue weighted by molar-refractivity contribution is -0.274. The number of ether oxygens (including phenoxy) is 2. The van der Waals surface area contributed by atoms with E-state index in [9.17, 15) is 13.2 Å². The van der Waals surface area contributed by atoms with Crippen LogP contribution in [0.5, 0.6) is 11.5 Å². The monoisotopic (exact) mass is 458 g/mol. The van der Waals surface area contributed by atoms with Gasteiger partial charge in [-0.15, -0.1) is 13.2 Å². The van der Waals surface area contributed by atoms with Gasteiger partial charge in [0.2, 0.25) is 5.95 Å². The van der Waals surface area contributed by atoms with Crippen molar-refractivity contribution in [3.63, 3.8) is 0 Å². The first kappa shape index (κ1) is 22.7. The first-order chi connectivity index (χ1) is 15.9. The summed E-state index contributed by atoms with van der Waals surface area (Å²) in [5.41, 5.74) is 1.76. The highest BCUT2D eigenvalue weighted by molar-refractivity contribution is 5.68. The van der Waals surface area contributed by atoms with Crippen molar-refractivity contribution in [2.45, 2.75) is 45.0 Å². The first-order valence-corrected chi connectivity index (χ1v) is 10.9. The van der Waals surface area contributed by atoms with Crippen molar-refractivity contribution in [3.8, 4) is 22.8 Å². The van der Waals surface area contributed by atoms with Crippen molar-refractivity contribution in [1.29, 1.82) is 0 Å². The smallest absolute Gasteiger partial charge is 0.494 e. The average Bonchev–Trinajstić information content (AvgIpc) is 3.27. The Bertz CT molecular complexity index is 1070. The van der Waals surface area contributed by atoms with Gasteiger partial charge in [-0.05, 0) is 56.2 Å². The Balaban J connectivity index is 1.63. The Morgan fingerprint density at radius 3 is 2.42 bits per heavy atom. The van der Waals surface area contributed by atoms with Gasteiger partial charge in [-0.2, -0.15) is 4.98 Å². The molecule has 6 nitrogen and oxygen atoms in total. The van der Waals surface area contributed by atoms with Crippen LogP contribution in [0.4, 0.5) is 30.6 Å². The van der Waals surface area contributed by atoms with Crippen LogP contribution in [0.15, 0.2) is 54.6 Å². The van der Waals surface area contributed by atoms with E-state index < -0.39 is 6.36 Å². The third kappa shape index (κ3) is 6.50. The second kappa shape index (κ2) is 9.97. The van der Waals surface area contributed by atoms with E-state index in [0.29, 0.717) is 29.6 Å². The van der Waals surface area contributed by atoms with Gasteiger partial charge in [0, 0.05) is 23.4 Å². The quantitative estimate of drug-likeness (QED) is 0.400. The zero-order chi connectivity index (χ0) is 23.3. The van der Waals surface area contributed by atoms with Gasteiger partial charge >= 0.3 is 6.36 Å². The minimum Gasteiger partial charge on any atom is -0.494 e. The maximum Gasteiger partial charge on any atom is 0.573 e. The first-order valence-electron chi connectivity index (χ1n) is 10.9. The van der Waals surface area contributed by atoms with Crippen molar-refractivity contribution in [2.75, 3.05) is 17.2 Å². The molecule has 3 aromatic rings. The zero-order valence-electron chi connectivity index (χ0n) is 18.2. The summed E-state index contributed by atoms with van der Waals surface area (Å²) in [4.78, 5) is 9.15. The number of rotatable bonds is 8. The fourth-order valence-corrected chi connectivity index (χ4v) is 3.78. The van der Waals surface area contributed by atoms with Crippen LogP contribution in [0.25, 0.3) is 11.3 Å². The molecule has 2 aromatic carbocycles. The highest BCUT2D eigenvalue weighted by Gasteiger charge is 2.31. The summed E-state index contributed by atoms with van der Waals surface area (Å²) in [6.07, 6.45) is -0.412. The van der Waals surface area contributed by atoms with Crippen molar-refractivity contribution >= 4 is 17.5 Å². The summed E-state index contributed by atoms with van der Waals surface area (Å²) in [5.74, 6) is 1.41. The molecule has 1 fully saturated rings. The van der Waals surface area contributed by atoms with Crippen molar-refractivity contribution in [1.82, 2.24) is 9.97 Å². The molecular weight excluding hydrogens is 433 g/mol. The van der Waals surface area contributed by atoms with Gasteiger partial charge in [-0.25, -0.2) is 4.98 Å². The molecule has 0 atom stereocenters. The van der Waals surface area contributed by atoms with Crippen molar-refractivity contribution in [2.24, 2.45) is 0 Å². The number of hydrogen-bond acceptors (Lipinski definition) is 6. The zero-order valence-corrected chi connectivity index (χ0v) is 18.2. The Morgan fingerprint density at radius 1 is 0.970 bits per heavy atom. The Labute approximate surface area is 190 Å². The SMILES string of the molecule is CCOc1ccc(Nc2cc(-c3cccc(OC(F)(F)F)c3)nc(NC3CCCC3)n2)cc1. The molecule has 0 bridgehead atoms. The summed E-state index contributed by atoms with van der Waals surface area (Å²) in [6, 6.07) is 15.2. The summed E-state index contributed by atoms with van der Waals surface area (Å²) in [7, 11) is 0. The Kier molecular flexibility index (Phi) is 6.86. The van der Waals surface area contributed by atoms with Crippen molar-refractivity contribution in [3.05, 3.63) is 54.6 Å².